The Hall–Kier alpha value is -2.06. The summed E-state index contributed by atoms with van der Waals surface area (Å²) in [6.07, 6.45) is 6.80. The minimum absolute atomic E-state index is 0.280. The van der Waals surface area contributed by atoms with Gasteiger partial charge in [0.2, 0.25) is 0 Å². The molecule has 96 valence electrons. The molecule has 1 amide bonds. The van der Waals surface area contributed by atoms with E-state index in [1.54, 1.807) is 6.07 Å². The standard InChI is InChI=1S/C13H18N4O/c1-5-10-8-12(15-9-11(10)13(14)18)17(4)7-6-16(2)3/h1,8-9H,6-7H2,2-4H3,(H2,14,18). The van der Waals surface area contributed by atoms with Crippen LogP contribution in [0, 0.1) is 12.3 Å². The summed E-state index contributed by atoms with van der Waals surface area (Å²) >= 11 is 0. The molecule has 1 aromatic rings. The van der Waals surface area contributed by atoms with Crippen molar-refractivity contribution in [3.63, 3.8) is 0 Å². The van der Waals surface area contributed by atoms with Gasteiger partial charge in [0.05, 0.1) is 5.56 Å². The minimum atomic E-state index is -0.557. The first-order valence-corrected chi connectivity index (χ1v) is 5.58. The van der Waals surface area contributed by atoms with Crippen molar-refractivity contribution in [1.29, 1.82) is 0 Å². The fourth-order valence-electron chi connectivity index (χ4n) is 1.43. The number of rotatable bonds is 5. The Morgan fingerprint density at radius 3 is 2.61 bits per heavy atom. The highest BCUT2D eigenvalue weighted by molar-refractivity contribution is 5.95. The number of nitrogens with two attached hydrogens (primary N) is 1. The number of pyridine rings is 1. The molecule has 0 spiro atoms. The van der Waals surface area contributed by atoms with Crippen LogP contribution in [0.5, 0.6) is 0 Å². The van der Waals surface area contributed by atoms with Gasteiger partial charge in [-0.1, -0.05) is 5.92 Å². The predicted molar refractivity (Wildman–Crippen MR) is 72.5 cm³/mol. The van der Waals surface area contributed by atoms with E-state index in [9.17, 15) is 4.79 Å². The van der Waals surface area contributed by atoms with Crippen molar-refractivity contribution in [2.75, 3.05) is 39.1 Å². The molecule has 1 aromatic heterocycles. The van der Waals surface area contributed by atoms with Gasteiger partial charge in [-0.05, 0) is 20.2 Å². The van der Waals surface area contributed by atoms with Gasteiger partial charge < -0.3 is 15.5 Å². The van der Waals surface area contributed by atoms with E-state index in [0.29, 0.717) is 5.56 Å². The summed E-state index contributed by atoms with van der Waals surface area (Å²) in [7, 11) is 5.94. The maximum Gasteiger partial charge on any atom is 0.251 e. The molecule has 1 rings (SSSR count). The van der Waals surface area contributed by atoms with Gasteiger partial charge in [0.15, 0.2) is 0 Å². The van der Waals surface area contributed by atoms with E-state index in [0.717, 1.165) is 18.9 Å². The maximum atomic E-state index is 11.1. The number of anilines is 1. The van der Waals surface area contributed by atoms with E-state index >= 15 is 0 Å². The van der Waals surface area contributed by atoms with E-state index in [-0.39, 0.29) is 5.56 Å². The third-order valence-corrected chi connectivity index (χ3v) is 2.58. The van der Waals surface area contributed by atoms with E-state index < -0.39 is 5.91 Å². The number of terminal acetylenes is 1. The normalized spacial score (nSPS) is 10.2. The zero-order valence-electron chi connectivity index (χ0n) is 11.0. The number of carbonyl (C=O) groups excluding carboxylic acids is 1. The summed E-state index contributed by atoms with van der Waals surface area (Å²) in [6.45, 7) is 1.72. The maximum absolute atomic E-state index is 11.1. The van der Waals surface area contributed by atoms with Gasteiger partial charge in [0, 0.05) is 31.9 Å². The quantitative estimate of drug-likeness (QED) is 0.752. The van der Waals surface area contributed by atoms with Crippen molar-refractivity contribution in [2.45, 2.75) is 0 Å². The molecule has 0 saturated carbocycles. The lowest BCUT2D eigenvalue weighted by atomic mass is 10.1. The van der Waals surface area contributed by atoms with Crippen molar-refractivity contribution in [2.24, 2.45) is 5.73 Å². The molecule has 0 aromatic carbocycles. The highest BCUT2D eigenvalue weighted by atomic mass is 16.1. The SMILES string of the molecule is C#Cc1cc(N(C)CCN(C)C)ncc1C(N)=O. The highest BCUT2D eigenvalue weighted by Crippen LogP contribution is 2.14. The molecule has 1 heterocycles. The van der Waals surface area contributed by atoms with Crippen LogP contribution in [0.1, 0.15) is 15.9 Å². The number of hydrogen-bond donors (Lipinski definition) is 1. The monoisotopic (exact) mass is 246 g/mol. The fraction of sp³-hybridized carbons (Fsp3) is 0.385. The van der Waals surface area contributed by atoms with Crippen LogP contribution in [0.3, 0.4) is 0 Å². The number of likely N-dealkylation sites (N-methyl/N-ethyl adjacent to an activating group) is 2. The van der Waals surface area contributed by atoms with E-state index in [2.05, 4.69) is 15.8 Å². The fourth-order valence-corrected chi connectivity index (χ4v) is 1.43. The first-order valence-electron chi connectivity index (χ1n) is 5.58. The Balaban J connectivity index is 2.92. The van der Waals surface area contributed by atoms with Gasteiger partial charge >= 0.3 is 0 Å². The molecule has 0 bridgehead atoms. The Morgan fingerprint density at radius 2 is 2.11 bits per heavy atom. The number of amides is 1. The lowest BCUT2D eigenvalue weighted by Gasteiger charge is -2.21. The van der Waals surface area contributed by atoms with Crippen molar-refractivity contribution in [3.8, 4) is 12.3 Å². The third kappa shape index (κ3) is 3.47. The minimum Gasteiger partial charge on any atom is -0.366 e. The molecular formula is C13H18N4O. The predicted octanol–water partition coefficient (Wildman–Crippen LogP) is 0.160. The van der Waals surface area contributed by atoms with Crippen LogP contribution in [0.2, 0.25) is 0 Å². The first kappa shape index (κ1) is 14.0. The molecule has 0 fully saturated rings. The van der Waals surface area contributed by atoms with Gasteiger partial charge in [-0.25, -0.2) is 4.98 Å². The number of primary amides is 1. The molecule has 0 radical (unpaired) electrons. The van der Waals surface area contributed by atoms with Crippen molar-refractivity contribution in [3.05, 3.63) is 23.4 Å². The Morgan fingerprint density at radius 1 is 1.44 bits per heavy atom. The van der Waals surface area contributed by atoms with Crippen LogP contribution >= 0.6 is 0 Å². The third-order valence-electron chi connectivity index (χ3n) is 2.58. The van der Waals surface area contributed by atoms with Gasteiger partial charge in [-0.3, -0.25) is 4.79 Å². The molecule has 0 atom stereocenters. The zero-order valence-corrected chi connectivity index (χ0v) is 11.0. The van der Waals surface area contributed by atoms with Crippen LogP contribution in [-0.4, -0.2) is 50.0 Å². The molecule has 5 nitrogen and oxygen atoms in total. The lowest BCUT2D eigenvalue weighted by molar-refractivity contribution is 0.1000. The molecule has 0 saturated heterocycles. The second-order valence-electron chi connectivity index (χ2n) is 4.32. The largest absolute Gasteiger partial charge is 0.366 e. The lowest BCUT2D eigenvalue weighted by Crippen LogP contribution is -2.29. The number of carbonyl (C=O) groups is 1. The van der Waals surface area contributed by atoms with Crippen molar-refractivity contribution >= 4 is 11.7 Å². The molecular weight excluding hydrogens is 228 g/mol. The average Bonchev–Trinajstić information content (AvgIpc) is 2.34. The van der Waals surface area contributed by atoms with Gasteiger partial charge in [0.1, 0.15) is 5.82 Å². The van der Waals surface area contributed by atoms with Crippen molar-refractivity contribution < 1.29 is 4.79 Å². The summed E-state index contributed by atoms with van der Waals surface area (Å²) in [5, 5.41) is 0. The van der Waals surface area contributed by atoms with Crippen LogP contribution in [0.25, 0.3) is 0 Å². The van der Waals surface area contributed by atoms with Crippen molar-refractivity contribution in [1.82, 2.24) is 9.88 Å². The van der Waals surface area contributed by atoms with Crippen LogP contribution in [0.15, 0.2) is 12.3 Å². The summed E-state index contributed by atoms with van der Waals surface area (Å²) < 4.78 is 0. The zero-order chi connectivity index (χ0) is 13.7. The van der Waals surface area contributed by atoms with Crippen LogP contribution in [0.4, 0.5) is 5.82 Å². The molecule has 2 N–H and O–H groups in total. The van der Waals surface area contributed by atoms with E-state index in [4.69, 9.17) is 12.2 Å². The molecule has 0 aliphatic heterocycles. The van der Waals surface area contributed by atoms with Gasteiger partial charge in [-0.2, -0.15) is 0 Å². The number of nitrogens with zero attached hydrogens (tertiary/aromatic N) is 3. The molecule has 0 unspecified atom stereocenters. The summed E-state index contributed by atoms with van der Waals surface area (Å²) in [4.78, 5) is 19.4. The van der Waals surface area contributed by atoms with E-state index in [1.165, 1.54) is 6.20 Å². The second kappa shape index (κ2) is 6.03. The van der Waals surface area contributed by atoms with Gasteiger partial charge in [-0.15, -0.1) is 6.42 Å². The Kier molecular flexibility index (Phi) is 4.69. The smallest absolute Gasteiger partial charge is 0.251 e. The summed E-state index contributed by atoms with van der Waals surface area (Å²) in [6, 6.07) is 1.70. The number of hydrogen-bond acceptors (Lipinski definition) is 4. The highest BCUT2D eigenvalue weighted by Gasteiger charge is 2.10. The molecule has 18 heavy (non-hydrogen) atoms. The van der Waals surface area contributed by atoms with Crippen LogP contribution in [-0.2, 0) is 0 Å². The van der Waals surface area contributed by atoms with Gasteiger partial charge in [0.25, 0.3) is 5.91 Å². The Bertz CT molecular complexity index is 476. The second-order valence-corrected chi connectivity index (χ2v) is 4.32. The van der Waals surface area contributed by atoms with E-state index in [1.807, 2.05) is 26.0 Å². The summed E-state index contributed by atoms with van der Waals surface area (Å²) in [5.41, 5.74) is 5.98. The molecule has 5 heteroatoms. The number of aromatic nitrogens is 1. The van der Waals surface area contributed by atoms with Crippen LogP contribution < -0.4 is 10.6 Å². The summed E-state index contributed by atoms with van der Waals surface area (Å²) in [5.74, 6) is 2.63. The Labute approximate surface area is 108 Å². The molecule has 0 aliphatic carbocycles. The first-order chi connectivity index (χ1) is 8.45. The molecule has 0 aliphatic rings. The topological polar surface area (TPSA) is 62.5 Å². The average molecular weight is 246 g/mol.